The van der Waals surface area contributed by atoms with Crippen LogP contribution in [-0.2, 0) is 4.74 Å². The molecule has 0 aliphatic rings. The van der Waals surface area contributed by atoms with E-state index in [2.05, 4.69) is 25.8 Å². The fourth-order valence-electron chi connectivity index (χ4n) is 1.75. The fraction of sp³-hybridized carbons (Fsp3) is 0.357. The number of nitrogens with one attached hydrogen (secondary N) is 2. The molecule has 22 heavy (non-hydrogen) atoms. The van der Waals surface area contributed by atoms with Crippen LogP contribution < -0.4 is 20.1 Å². The lowest BCUT2D eigenvalue weighted by atomic mass is 10.2. The zero-order valence-corrected chi connectivity index (χ0v) is 12.8. The number of rotatable bonds is 8. The minimum absolute atomic E-state index is 0.420. The molecule has 0 radical (unpaired) electrons. The van der Waals surface area contributed by atoms with Crippen LogP contribution in [0.1, 0.15) is 0 Å². The van der Waals surface area contributed by atoms with E-state index in [0.29, 0.717) is 36.4 Å². The average molecular weight is 305 g/mol. The van der Waals surface area contributed by atoms with Crippen LogP contribution >= 0.6 is 0 Å². The molecule has 0 saturated heterocycles. The third-order valence-electron chi connectivity index (χ3n) is 2.82. The minimum atomic E-state index is 0.420. The van der Waals surface area contributed by atoms with Crippen LogP contribution in [0.25, 0.3) is 0 Å². The van der Waals surface area contributed by atoms with Crippen molar-refractivity contribution in [2.75, 3.05) is 45.1 Å². The molecular weight excluding hydrogens is 286 g/mol. The maximum absolute atomic E-state index is 5.31. The van der Waals surface area contributed by atoms with Crippen LogP contribution in [0, 0.1) is 0 Å². The summed E-state index contributed by atoms with van der Waals surface area (Å²) in [6, 6.07) is 5.45. The van der Waals surface area contributed by atoms with Gasteiger partial charge in [0.25, 0.3) is 0 Å². The van der Waals surface area contributed by atoms with E-state index >= 15 is 0 Å². The molecular formula is C14H19N5O3. The molecule has 8 nitrogen and oxygen atoms in total. The van der Waals surface area contributed by atoms with Crippen molar-refractivity contribution in [3.05, 3.63) is 24.4 Å². The Morgan fingerprint density at radius 2 is 2.00 bits per heavy atom. The Morgan fingerprint density at radius 1 is 1.14 bits per heavy atom. The summed E-state index contributed by atoms with van der Waals surface area (Å²) in [5.41, 5.74) is 0.727. The highest BCUT2D eigenvalue weighted by Gasteiger charge is 2.07. The number of methoxy groups -OCH3 is 3. The molecule has 0 unspecified atom stereocenters. The molecule has 2 aromatic rings. The van der Waals surface area contributed by atoms with Gasteiger partial charge in [0.2, 0.25) is 5.95 Å². The van der Waals surface area contributed by atoms with E-state index in [1.54, 1.807) is 21.3 Å². The van der Waals surface area contributed by atoms with Gasteiger partial charge in [-0.1, -0.05) is 0 Å². The zero-order chi connectivity index (χ0) is 15.8. The maximum Gasteiger partial charge on any atom is 0.244 e. The number of aromatic nitrogens is 3. The van der Waals surface area contributed by atoms with Crippen molar-refractivity contribution in [1.82, 2.24) is 15.2 Å². The Hall–Kier alpha value is -2.61. The van der Waals surface area contributed by atoms with Crippen molar-refractivity contribution in [3.8, 4) is 11.5 Å². The Morgan fingerprint density at radius 3 is 2.73 bits per heavy atom. The summed E-state index contributed by atoms with van der Waals surface area (Å²) < 4.78 is 15.5. The molecule has 0 bridgehead atoms. The van der Waals surface area contributed by atoms with Crippen LogP contribution in [-0.4, -0.2) is 49.7 Å². The molecule has 0 aliphatic carbocycles. The van der Waals surface area contributed by atoms with E-state index in [1.807, 2.05) is 18.2 Å². The maximum atomic E-state index is 5.31. The molecule has 118 valence electrons. The second-order valence-electron chi connectivity index (χ2n) is 4.28. The first kappa shape index (κ1) is 15.8. The number of nitrogens with zero attached hydrogens (tertiary/aromatic N) is 3. The Kier molecular flexibility index (Phi) is 5.73. The van der Waals surface area contributed by atoms with Gasteiger partial charge in [0.15, 0.2) is 5.82 Å². The number of hydrogen-bond acceptors (Lipinski definition) is 8. The number of anilines is 3. The third kappa shape index (κ3) is 4.19. The normalized spacial score (nSPS) is 10.1. The topological polar surface area (TPSA) is 90.4 Å². The van der Waals surface area contributed by atoms with Gasteiger partial charge < -0.3 is 24.8 Å². The second-order valence-corrected chi connectivity index (χ2v) is 4.28. The van der Waals surface area contributed by atoms with Crippen molar-refractivity contribution < 1.29 is 14.2 Å². The quantitative estimate of drug-likeness (QED) is 0.712. The van der Waals surface area contributed by atoms with Crippen molar-refractivity contribution in [1.29, 1.82) is 0 Å². The number of benzene rings is 1. The lowest BCUT2D eigenvalue weighted by Crippen LogP contribution is -2.11. The van der Waals surface area contributed by atoms with Gasteiger partial charge in [-0.2, -0.15) is 10.1 Å². The highest BCUT2D eigenvalue weighted by atomic mass is 16.5. The summed E-state index contributed by atoms with van der Waals surface area (Å²) in [6.45, 7) is 1.16. The predicted molar refractivity (Wildman–Crippen MR) is 83.0 cm³/mol. The Labute approximate surface area is 128 Å². The molecule has 0 fully saturated rings. The smallest absolute Gasteiger partial charge is 0.244 e. The molecule has 0 atom stereocenters. The highest BCUT2D eigenvalue weighted by Crippen LogP contribution is 2.30. The van der Waals surface area contributed by atoms with E-state index in [4.69, 9.17) is 14.2 Å². The predicted octanol–water partition coefficient (Wildman–Crippen LogP) is 1.69. The van der Waals surface area contributed by atoms with Crippen LogP contribution in [0.3, 0.4) is 0 Å². The third-order valence-corrected chi connectivity index (χ3v) is 2.82. The van der Waals surface area contributed by atoms with Crippen molar-refractivity contribution in [3.63, 3.8) is 0 Å². The molecule has 1 aromatic carbocycles. The molecule has 0 aliphatic heterocycles. The average Bonchev–Trinajstić information content (AvgIpc) is 2.55. The SMILES string of the molecule is COCCNc1nncc(Nc2cc(OC)ccc2OC)n1. The summed E-state index contributed by atoms with van der Waals surface area (Å²) in [6.07, 6.45) is 1.53. The molecule has 2 rings (SSSR count). The van der Waals surface area contributed by atoms with E-state index in [1.165, 1.54) is 6.20 Å². The highest BCUT2D eigenvalue weighted by molar-refractivity contribution is 5.66. The number of hydrogen-bond donors (Lipinski definition) is 2. The molecule has 8 heteroatoms. The largest absolute Gasteiger partial charge is 0.497 e. The number of ether oxygens (including phenoxy) is 3. The first-order chi connectivity index (χ1) is 10.8. The summed E-state index contributed by atoms with van der Waals surface area (Å²) in [5.74, 6) is 2.35. The summed E-state index contributed by atoms with van der Waals surface area (Å²) in [4.78, 5) is 4.32. The van der Waals surface area contributed by atoms with Gasteiger partial charge in [-0.05, 0) is 12.1 Å². The van der Waals surface area contributed by atoms with Crippen molar-refractivity contribution in [2.24, 2.45) is 0 Å². The lowest BCUT2D eigenvalue weighted by Gasteiger charge is -2.12. The fourth-order valence-corrected chi connectivity index (χ4v) is 1.75. The van der Waals surface area contributed by atoms with E-state index < -0.39 is 0 Å². The van der Waals surface area contributed by atoms with Crippen LogP contribution in [0.2, 0.25) is 0 Å². The monoisotopic (exact) mass is 305 g/mol. The summed E-state index contributed by atoms with van der Waals surface area (Å²) in [7, 11) is 4.84. The van der Waals surface area contributed by atoms with Crippen LogP contribution in [0.5, 0.6) is 11.5 Å². The van der Waals surface area contributed by atoms with Gasteiger partial charge in [-0.3, -0.25) is 0 Å². The molecule has 0 amide bonds. The Bertz CT molecular complexity index is 609. The van der Waals surface area contributed by atoms with E-state index in [-0.39, 0.29) is 0 Å². The molecule has 0 spiro atoms. The van der Waals surface area contributed by atoms with Gasteiger partial charge in [0.05, 0.1) is 32.7 Å². The molecule has 0 saturated carbocycles. The lowest BCUT2D eigenvalue weighted by molar-refractivity contribution is 0.210. The van der Waals surface area contributed by atoms with Crippen molar-refractivity contribution >= 4 is 17.5 Å². The van der Waals surface area contributed by atoms with Gasteiger partial charge >= 0.3 is 0 Å². The summed E-state index contributed by atoms with van der Waals surface area (Å²) in [5, 5.41) is 14.0. The van der Waals surface area contributed by atoms with Crippen LogP contribution in [0.4, 0.5) is 17.5 Å². The van der Waals surface area contributed by atoms with Gasteiger partial charge in [0, 0.05) is 19.7 Å². The van der Waals surface area contributed by atoms with Gasteiger partial charge in [-0.15, -0.1) is 5.10 Å². The van der Waals surface area contributed by atoms with E-state index in [9.17, 15) is 0 Å². The van der Waals surface area contributed by atoms with Crippen LogP contribution in [0.15, 0.2) is 24.4 Å². The summed E-state index contributed by atoms with van der Waals surface area (Å²) >= 11 is 0. The first-order valence-electron chi connectivity index (χ1n) is 6.68. The van der Waals surface area contributed by atoms with Gasteiger partial charge in [0.1, 0.15) is 11.5 Å². The first-order valence-corrected chi connectivity index (χ1v) is 6.68. The second kappa shape index (κ2) is 7.99. The molecule has 2 N–H and O–H groups in total. The van der Waals surface area contributed by atoms with Gasteiger partial charge in [-0.25, -0.2) is 0 Å². The standard InChI is InChI=1S/C14H19N5O3/c1-20-7-6-15-14-18-13(9-16-19-14)17-11-8-10(21-2)4-5-12(11)22-3/h4-5,8-9H,6-7H2,1-3H3,(H2,15,17,18,19). The van der Waals surface area contributed by atoms with E-state index in [0.717, 1.165) is 5.69 Å². The molecule has 1 heterocycles. The minimum Gasteiger partial charge on any atom is -0.497 e. The zero-order valence-electron chi connectivity index (χ0n) is 12.8. The van der Waals surface area contributed by atoms with Crippen molar-refractivity contribution in [2.45, 2.75) is 0 Å². The molecule has 1 aromatic heterocycles. The Balaban J connectivity index is 2.14.